The molecular formula is C13H15BrClNO3S. The number of benzene rings is 1. The summed E-state index contributed by atoms with van der Waals surface area (Å²) in [4.78, 5) is 13.9. The van der Waals surface area contributed by atoms with E-state index in [1.807, 2.05) is 0 Å². The van der Waals surface area contributed by atoms with Crippen LogP contribution in [0.2, 0.25) is 0 Å². The number of nitrogens with zero attached hydrogens (tertiary/aromatic N) is 1. The topological polar surface area (TPSA) is 54.5 Å². The summed E-state index contributed by atoms with van der Waals surface area (Å²) in [6.07, 6.45) is 3.52. The number of hydrogen-bond donors (Lipinski definition) is 0. The number of carbonyl (C=O) groups is 1. The molecule has 1 aromatic rings. The van der Waals surface area contributed by atoms with Crippen molar-refractivity contribution in [1.82, 2.24) is 4.90 Å². The van der Waals surface area contributed by atoms with Crippen LogP contribution in [0.1, 0.15) is 29.6 Å². The van der Waals surface area contributed by atoms with Crippen LogP contribution in [0.5, 0.6) is 0 Å². The van der Waals surface area contributed by atoms with E-state index >= 15 is 0 Å². The highest BCUT2D eigenvalue weighted by atomic mass is 79.9. The molecular weight excluding hydrogens is 366 g/mol. The van der Waals surface area contributed by atoms with Crippen LogP contribution in [0.4, 0.5) is 0 Å². The van der Waals surface area contributed by atoms with Gasteiger partial charge in [0.2, 0.25) is 0 Å². The van der Waals surface area contributed by atoms with Crippen LogP contribution < -0.4 is 0 Å². The summed E-state index contributed by atoms with van der Waals surface area (Å²) in [5.74, 6) is 0.368. The molecule has 0 bridgehead atoms. The van der Waals surface area contributed by atoms with Gasteiger partial charge in [-0.25, -0.2) is 8.42 Å². The first kappa shape index (κ1) is 15.8. The van der Waals surface area contributed by atoms with Crippen molar-refractivity contribution in [2.75, 3.05) is 13.6 Å². The Kier molecular flexibility index (Phi) is 4.76. The van der Waals surface area contributed by atoms with Crippen LogP contribution >= 0.6 is 26.6 Å². The fraction of sp³-hybridized carbons (Fsp3) is 0.462. The molecule has 1 fully saturated rings. The average molecular weight is 381 g/mol. The first-order chi connectivity index (χ1) is 9.27. The molecule has 0 unspecified atom stereocenters. The molecule has 0 atom stereocenters. The molecule has 1 saturated carbocycles. The van der Waals surface area contributed by atoms with E-state index < -0.39 is 9.05 Å². The minimum Gasteiger partial charge on any atom is -0.341 e. The van der Waals surface area contributed by atoms with Crippen LogP contribution in [0.3, 0.4) is 0 Å². The summed E-state index contributed by atoms with van der Waals surface area (Å²) in [6, 6.07) is 4.29. The molecule has 0 N–H and O–H groups in total. The summed E-state index contributed by atoms with van der Waals surface area (Å²) in [5.41, 5.74) is 0.320. The first-order valence-electron chi connectivity index (χ1n) is 6.28. The summed E-state index contributed by atoms with van der Waals surface area (Å²) < 4.78 is 23.3. The van der Waals surface area contributed by atoms with Crippen molar-refractivity contribution >= 4 is 41.6 Å². The fourth-order valence-electron chi connectivity index (χ4n) is 2.19. The maximum atomic E-state index is 12.3. The van der Waals surface area contributed by atoms with Crippen LogP contribution in [0, 0.1) is 5.92 Å². The van der Waals surface area contributed by atoms with Gasteiger partial charge >= 0.3 is 0 Å². The molecule has 2 rings (SSSR count). The van der Waals surface area contributed by atoms with E-state index in [0.29, 0.717) is 22.5 Å². The molecule has 0 aliphatic heterocycles. The van der Waals surface area contributed by atoms with E-state index in [1.165, 1.54) is 18.6 Å². The van der Waals surface area contributed by atoms with Gasteiger partial charge < -0.3 is 4.90 Å². The Morgan fingerprint density at radius 1 is 1.40 bits per heavy atom. The van der Waals surface area contributed by atoms with Gasteiger partial charge in [0.1, 0.15) is 0 Å². The maximum absolute atomic E-state index is 12.3. The third kappa shape index (κ3) is 3.74. The van der Waals surface area contributed by atoms with Crippen molar-refractivity contribution in [2.45, 2.75) is 24.2 Å². The predicted molar refractivity (Wildman–Crippen MR) is 81.5 cm³/mol. The van der Waals surface area contributed by atoms with Gasteiger partial charge in [0.25, 0.3) is 15.0 Å². The summed E-state index contributed by atoms with van der Waals surface area (Å²) in [7, 11) is 3.21. The molecule has 1 aliphatic rings. The van der Waals surface area contributed by atoms with Crippen molar-refractivity contribution in [3.63, 3.8) is 0 Å². The molecule has 20 heavy (non-hydrogen) atoms. The maximum Gasteiger partial charge on any atom is 0.261 e. The zero-order chi connectivity index (χ0) is 14.9. The highest BCUT2D eigenvalue weighted by Gasteiger charge is 2.23. The Bertz CT molecular complexity index is 629. The molecule has 110 valence electrons. The van der Waals surface area contributed by atoms with Gasteiger partial charge in [-0.3, -0.25) is 4.79 Å². The average Bonchev–Trinajstić information content (AvgIpc) is 2.30. The van der Waals surface area contributed by atoms with Crippen molar-refractivity contribution in [2.24, 2.45) is 5.92 Å². The Labute approximate surface area is 131 Å². The summed E-state index contributed by atoms with van der Waals surface area (Å²) in [5, 5.41) is 0. The zero-order valence-electron chi connectivity index (χ0n) is 11.0. The van der Waals surface area contributed by atoms with E-state index in [2.05, 4.69) is 15.9 Å². The minimum atomic E-state index is -3.85. The third-order valence-electron chi connectivity index (χ3n) is 3.50. The summed E-state index contributed by atoms with van der Waals surface area (Å²) in [6.45, 7) is 0.703. The molecule has 4 nitrogen and oxygen atoms in total. The van der Waals surface area contributed by atoms with Gasteiger partial charge in [-0.15, -0.1) is 0 Å². The number of hydrogen-bond acceptors (Lipinski definition) is 3. The normalized spacial score (nSPS) is 15.8. The van der Waals surface area contributed by atoms with E-state index in [-0.39, 0.29) is 10.8 Å². The number of halogens is 2. The second-order valence-corrected chi connectivity index (χ2v) is 8.58. The van der Waals surface area contributed by atoms with Crippen molar-refractivity contribution < 1.29 is 13.2 Å². The first-order valence-corrected chi connectivity index (χ1v) is 9.38. The smallest absolute Gasteiger partial charge is 0.261 e. The highest BCUT2D eigenvalue weighted by Crippen LogP contribution is 2.28. The summed E-state index contributed by atoms with van der Waals surface area (Å²) >= 11 is 3.20. The van der Waals surface area contributed by atoms with Gasteiger partial charge in [0, 0.05) is 34.3 Å². The quantitative estimate of drug-likeness (QED) is 0.753. The lowest BCUT2D eigenvalue weighted by Crippen LogP contribution is -2.34. The zero-order valence-corrected chi connectivity index (χ0v) is 14.1. The Morgan fingerprint density at radius 3 is 2.55 bits per heavy atom. The molecule has 0 radical (unpaired) electrons. The van der Waals surface area contributed by atoms with Crippen molar-refractivity contribution in [3.8, 4) is 0 Å². The largest absolute Gasteiger partial charge is 0.341 e. The molecule has 7 heteroatoms. The number of carbonyl (C=O) groups excluding carboxylic acids is 1. The molecule has 0 spiro atoms. The van der Waals surface area contributed by atoms with E-state index in [9.17, 15) is 13.2 Å². The van der Waals surface area contributed by atoms with Crippen molar-refractivity contribution in [1.29, 1.82) is 0 Å². The van der Waals surface area contributed by atoms with E-state index in [4.69, 9.17) is 10.7 Å². The van der Waals surface area contributed by atoms with Gasteiger partial charge in [-0.2, -0.15) is 0 Å². The standard InChI is InChI=1S/C13H15BrClNO3S/c1-16(8-9-3-2-4-9)13(17)10-5-11(14)7-12(6-10)20(15,18)19/h5-7,9H,2-4,8H2,1H3. The molecule has 1 aliphatic carbocycles. The fourth-order valence-corrected chi connectivity index (χ4v) is 3.64. The lowest BCUT2D eigenvalue weighted by molar-refractivity contribution is 0.0745. The Morgan fingerprint density at radius 2 is 2.05 bits per heavy atom. The van der Waals surface area contributed by atoms with Crippen LogP contribution in [0.15, 0.2) is 27.6 Å². The van der Waals surface area contributed by atoms with Gasteiger partial charge in [-0.05, 0) is 37.0 Å². The van der Waals surface area contributed by atoms with Crippen LogP contribution in [0.25, 0.3) is 0 Å². The lowest BCUT2D eigenvalue weighted by Gasteiger charge is -2.30. The number of amides is 1. The Hall–Kier alpha value is -0.590. The highest BCUT2D eigenvalue weighted by molar-refractivity contribution is 9.10. The van der Waals surface area contributed by atoms with Crippen LogP contribution in [-0.2, 0) is 9.05 Å². The van der Waals surface area contributed by atoms with Gasteiger partial charge in [0.15, 0.2) is 0 Å². The SMILES string of the molecule is CN(CC1CCC1)C(=O)c1cc(Br)cc(S(=O)(=O)Cl)c1. The second kappa shape index (κ2) is 6.03. The monoisotopic (exact) mass is 379 g/mol. The van der Waals surface area contributed by atoms with Crippen molar-refractivity contribution in [3.05, 3.63) is 28.2 Å². The molecule has 0 heterocycles. The van der Waals surface area contributed by atoms with Gasteiger partial charge in [0.05, 0.1) is 4.90 Å². The molecule has 0 aromatic heterocycles. The number of rotatable bonds is 4. The minimum absolute atomic E-state index is 0.0751. The molecule has 1 aromatic carbocycles. The predicted octanol–water partition coefficient (Wildman–Crippen LogP) is 3.25. The third-order valence-corrected chi connectivity index (χ3v) is 5.29. The molecule has 1 amide bonds. The van der Waals surface area contributed by atoms with Gasteiger partial charge in [-0.1, -0.05) is 22.4 Å². The molecule has 0 saturated heterocycles. The second-order valence-electron chi connectivity index (χ2n) is 5.10. The van der Waals surface area contributed by atoms with Crippen LogP contribution in [-0.4, -0.2) is 32.8 Å². The Balaban J connectivity index is 2.22. The van der Waals surface area contributed by atoms with E-state index in [0.717, 1.165) is 12.8 Å². The lowest BCUT2D eigenvalue weighted by atomic mass is 9.85. The van der Waals surface area contributed by atoms with E-state index in [1.54, 1.807) is 18.0 Å².